The van der Waals surface area contributed by atoms with Crippen LogP contribution in [0.5, 0.6) is 5.75 Å². The summed E-state index contributed by atoms with van der Waals surface area (Å²) in [6, 6.07) is 17.6. The first-order valence-electron chi connectivity index (χ1n) is 9.16. The molecule has 1 aliphatic rings. The number of carbonyl (C=O) groups is 1. The van der Waals surface area contributed by atoms with Gasteiger partial charge in [-0.25, -0.2) is 0 Å². The summed E-state index contributed by atoms with van der Waals surface area (Å²) in [6.07, 6.45) is 2.75. The van der Waals surface area contributed by atoms with Crippen molar-refractivity contribution in [2.45, 2.75) is 25.3 Å². The zero-order valence-electron chi connectivity index (χ0n) is 14.9. The Labute approximate surface area is 160 Å². The van der Waals surface area contributed by atoms with Crippen LogP contribution >= 0.6 is 11.6 Å². The summed E-state index contributed by atoms with van der Waals surface area (Å²) in [6.45, 7) is 3.08. The second-order valence-electron chi connectivity index (χ2n) is 6.53. The molecule has 1 saturated heterocycles. The lowest BCUT2D eigenvalue weighted by Gasteiger charge is -2.28. The molecular formula is C21H25ClN2O2. The zero-order chi connectivity index (χ0) is 18.2. The molecule has 1 fully saturated rings. The number of hydrogen-bond acceptors (Lipinski definition) is 3. The SMILES string of the molecule is O=C(CCOc1ccccc1)NCC(c1cccc(Cl)c1)N1CCCC1. The third-order valence-electron chi connectivity index (χ3n) is 4.65. The summed E-state index contributed by atoms with van der Waals surface area (Å²) in [4.78, 5) is 14.6. The minimum absolute atomic E-state index is 0.00663. The normalized spacial score (nSPS) is 15.6. The van der Waals surface area contributed by atoms with Crippen LogP contribution in [0.3, 0.4) is 0 Å². The number of halogens is 1. The predicted octanol–water partition coefficient (Wildman–Crippen LogP) is 4.06. The molecule has 4 nitrogen and oxygen atoms in total. The quantitative estimate of drug-likeness (QED) is 0.759. The van der Waals surface area contributed by atoms with Crippen LogP contribution in [-0.4, -0.2) is 37.0 Å². The van der Waals surface area contributed by atoms with Crippen molar-refractivity contribution in [1.82, 2.24) is 10.2 Å². The molecule has 1 atom stereocenters. The van der Waals surface area contributed by atoms with E-state index in [1.165, 1.54) is 12.8 Å². The fourth-order valence-corrected chi connectivity index (χ4v) is 3.50. The zero-order valence-corrected chi connectivity index (χ0v) is 15.6. The lowest BCUT2D eigenvalue weighted by Crippen LogP contribution is -2.37. The number of likely N-dealkylation sites (tertiary alicyclic amines) is 1. The first kappa shape index (κ1) is 18.7. The van der Waals surface area contributed by atoms with Gasteiger partial charge in [0.05, 0.1) is 19.1 Å². The summed E-state index contributed by atoms with van der Waals surface area (Å²) in [5, 5.41) is 3.79. The number of amides is 1. The van der Waals surface area contributed by atoms with Gasteiger partial charge in [0, 0.05) is 11.6 Å². The Morgan fingerprint density at radius 3 is 2.62 bits per heavy atom. The topological polar surface area (TPSA) is 41.6 Å². The Morgan fingerprint density at radius 2 is 1.88 bits per heavy atom. The molecule has 3 rings (SSSR count). The number of hydrogen-bond donors (Lipinski definition) is 1. The molecule has 26 heavy (non-hydrogen) atoms. The molecule has 1 N–H and O–H groups in total. The van der Waals surface area contributed by atoms with Crippen molar-refractivity contribution in [2.75, 3.05) is 26.2 Å². The maximum atomic E-state index is 12.2. The van der Waals surface area contributed by atoms with E-state index in [-0.39, 0.29) is 11.9 Å². The van der Waals surface area contributed by atoms with Crippen LogP contribution < -0.4 is 10.1 Å². The van der Waals surface area contributed by atoms with Crippen molar-refractivity contribution in [3.8, 4) is 5.75 Å². The third-order valence-corrected chi connectivity index (χ3v) is 4.88. The fraction of sp³-hybridized carbons (Fsp3) is 0.381. The number of nitrogens with zero attached hydrogens (tertiary/aromatic N) is 1. The van der Waals surface area contributed by atoms with E-state index in [1.807, 2.05) is 48.5 Å². The summed E-state index contributed by atoms with van der Waals surface area (Å²) in [5.41, 5.74) is 1.15. The Hall–Kier alpha value is -2.04. The summed E-state index contributed by atoms with van der Waals surface area (Å²) in [7, 11) is 0. The molecule has 0 aromatic heterocycles. The van der Waals surface area contributed by atoms with E-state index in [2.05, 4.69) is 16.3 Å². The third kappa shape index (κ3) is 5.48. The molecule has 1 amide bonds. The van der Waals surface area contributed by atoms with Gasteiger partial charge in [-0.2, -0.15) is 0 Å². The first-order valence-corrected chi connectivity index (χ1v) is 9.54. The Balaban J connectivity index is 1.51. The van der Waals surface area contributed by atoms with E-state index in [1.54, 1.807) is 0 Å². The molecule has 5 heteroatoms. The van der Waals surface area contributed by atoms with Crippen LogP contribution in [0.1, 0.15) is 30.9 Å². The standard InChI is InChI=1S/C21H25ClN2O2/c22-18-8-6-7-17(15-18)20(24-12-4-5-13-24)16-23-21(25)11-14-26-19-9-2-1-3-10-19/h1-3,6-10,15,20H,4-5,11-14,16H2,(H,23,25). The molecule has 0 aliphatic carbocycles. The van der Waals surface area contributed by atoms with E-state index in [4.69, 9.17) is 16.3 Å². The molecule has 1 unspecified atom stereocenters. The van der Waals surface area contributed by atoms with Crippen LogP contribution in [-0.2, 0) is 4.79 Å². The molecule has 0 saturated carbocycles. The van der Waals surface area contributed by atoms with E-state index in [9.17, 15) is 4.79 Å². The fourth-order valence-electron chi connectivity index (χ4n) is 3.30. The molecule has 1 heterocycles. The average Bonchev–Trinajstić information content (AvgIpc) is 3.17. The molecule has 2 aromatic carbocycles. The summed E-state index contributed by atoms with van der Waals surface area (Å²) >= 11 is 6.16. The monoisotopic (exact) mass is 372 g/mol. The smallest absolute Gasteiger partial charge is 0.223 e. The molecule has 0 bridgehead atoms. The molecule has 138 valence electrons. The molecule has 1 aliphatic heterocycles. The highest BCUT2D eigenvalue weighted by molar-refractivity contribution is 6.30. The highest BCUT2D eigenvalue weighted by Crippen LogP contribution is 2.26. The van der Waals surface area contributed by atoms with Crippen LogP contribution in [0.25, 0.3) is 0 Å². The number of para-hydroxylation sites is 1. The molecule has 2 aromatic rings. The van der Waals surface area contributed by atoms with Crippen LogP contribution in [0.2, 0.25) is 5.02 Å². The maximum absolute atomic E-state index is 12.2. The van der Waals surface area contributed by atoms with Crippen molar-refractivity contribution >= 4 is 17.5 Å². The van der Waals surface area contributed by atoms with Crippen LogP contribution in [0, 0.1) is 0 Å². The van der Waals surface area contributed by atoms with E-state index in [0.29, 0.717) is 19.6 Å². The van der Waals surface area contributed by atoms with Crippen molar-refractivity contribution in [3.63, 3.8) is 0 Å². The van der Waals surface area contributed by atoms with E-state index < -0.39 is 0 Å². The summed E-state index contributed by atoms with van der Waals surface area (Å²) in [5.74, 6) is 0.793. The van der Waals surface area contributed by atoms with Crippen molar-refractivity contribution in [1.29, 1.82) is 0 Å². The van der Waals surface area contributed by atoms with Crippen molar-refractivity contribution in [3.05, 3.63) is 65.2 Å². The van der Waals surface area contributed by atoms with Crippen molar-refractivity contribution in [2.24, 2.45) is 0 Å². The second-order valence-corrected chi connectivity index (χ2v) is 6.97. The number of benzene rings is 2. The highest BCUT2D eigenvalue weighted by Gasteiger charge is 2.24. The number of carbonyl (C=O) groups excluding carboxylic acids is 1. The molecule has 0 spiro atoms. The number of ether oxygens (including phenoxy) is 1. The van der Waals surface area contributed by atoms with Gasteiger partial charge in [0.1, 0.15) is 5.75 Å². The van der Waals surface area contributed by atoms with Gasteiger partial charge in [0.15, 0.2) is 0 Å². The van der Waals surface area contributed by atoms with Gasteiger partial charge in [0.2, 0.25) is 5.91 Å². The lowest BCUT2D eigenvalue weighted by atomic mass is 10.1. The van der Waals surface area contributed by atoms with Crippen LogP contribution in [0.15, 0.2) is 54.6 Å². The van der Waals surface area contributed by atoms with Gasteiger partial charge in [-0.3, -0.25) is 9.69 Å². The van der Waals surface area contributed by atoms with Gasteiger partial charge >= 0.3 is 0 Å². The van der Waals surface area contributed by atoms with Gasteiger partial charge < -0.3 is 10.1 Å². The highest BCUT2D eigenvalue weighted by atomic mass is 35.5. The minimum atomic E-state index is 0.00663. The second kappa shape index (κ2) is 9.60. The number of rotatable bonds is 8. The van der Waals surface area contributed by atoms with Crippen LogP contribution in [0.4, 0.5) is 0 Å². The average molecular weight is 373 g/mol. The largest absolute Gasteiger partial charge is 0.493 e. The van der Waals surface area contributed by atoms with E-state index in [0.717, 1.165) is 29.4 Å². The van der Waals surface area contributed by atoms with Gasteiger partial charge in [0.25, 0.3) is 0 Å². The van der Waals surface area contributed by atoms with E-state index >= 15 is 0 Å². The molecular weight excluding hydrogens is 348 g/mol. The Kier molecular flexibility index (Phi) is 6.92. The van der Waals surface area contributed by atoms with Gasteiger partial charge in [-0.15, -0.1) is 0 Å². The molecule has 0 radical (unpaired) electrons. The van der Waals surface area contributed by atoms with Gasteiger partial charge in [-0.1, -0.05) is 41.9 Å². The lowest BCUT2D eigenvalue weighted by molar-refractivity contribution is -0.121. The first-order chi connectivity index (χ1) is 12.7. The minimum Gasteiger partial charge on any atom is -0.493 e. The maximum Gasteiger partial charge on any atom is 0.223 e. The predicted molar refractivity (Wildman–Crippen MR) is 105 cm³/mol. The number of nitrogens with one attached hydrogen (secondary N) is 1. The van der Waals surface area contributed by atoms with Gasteiger partial charge in [-0.05, 0) is 55.8 Å². The summed E-state index contributed by atoms with van der Waals surface area (Å²) < 4.78 is 5.59. The Bertz CT molecular complexity index is 702. The Morgan fingerprint density at radius 1 is 1.12 bits per heavy atom. The van der Waals surface area contributed by atoms with Crippen molar-refractivity contribution < 1.29 is 9.53 Å².